The minimum atomic E-state index is -0.875. The van der Waals surface area contributed by atoms with Crippen LogP contribution in [0.3, 0.4) is 0 Å². The number of hydrogen-bond acceptors (Lipinski definition) is 3. The third-order valence-corrected chi connectivity index (χ3v) is 3.90. The SMILES string of the molecule is O=C[C@@H]1CC2CC[C@@H](C1)[C@@]2(O)CO. The number of carbonyl (C=O) groups excluding carboxylic acids is 1. The fourth-order valence-electron chi connectivity index (χ4n) is 3.08. The first-order valence-electron chi connectivity index (χ1n) is 4.99. The van der Waals surface area contributed by atoms with Crippen LogP contribution in [0.1, 0.15) is 25.7 Å². The lowest BCUT2D eigenvalue weighted by atomic mass is 9.71. The standard InChI is InChI=1S/C10H16O3/c11-5-7-3-8-1-2-9(4-7)10(8,13)6-12/h5,7-9,12-13H,1-4,6H2/t7-,8-,9?,10-/m0/s1. The lowest BCUT2D eigenvalue weighted by Crippen LogP contribution is -2.48. The molecule has 13 heavy (non-hydrogen) atoms. The van der Waals surface area contributed by atoms with Crippen LogP contribution < -0.4 is 0 Å². The molecule has 0 aliphatic heterocycles. The van der Waals surface area contributed by atoms with E-state index < -0.39 is 5.60 Å². The second-order valence-electron chi connectivity index (χ2n) is 4.49. The predicted molar refractivity (Wildman–Crippen MR) is 47.0 cm³/mol. The number of aliphatic hydroxyl groups is 2. The first-order valence-corrected chi connectivity index (χ1v) is 4.99. The Balaban J connectivity index is 2.17. The summed E-state index contributed by atoms with van der Waals surface area (Å²) in [4.78, 5) is 10.6. The van der Waals surface area contributed by atoms with Crippen LogP contribution in [0.2, 0.25) is 0 Å². The van der Waals surface area contributed by atoms with Gasteiger partial charge in [-0.15, -0.1) is 0 Å². The van der Waals surface area contributed by atoms with Gasteiger partial charge in [-0.1, -0.05) is 0 Å². The van der Waals surface area contributed by atoms with Crippen molar-refractivity contribution in [1.29, 1.82) is 0 Å². The molecule has 0 aromatic heterocycles. The van der Waals surface area contributed by atoms with Crippen LogP contribution in [0.5, 0.6) is 0 Å². The van der Waals surface area contributed by atoms with Crippen LogP contribution in [-0.4, -0.2) is 28.7 Å². The molecule has 0 saturated heterocycles. The molecule has 2 aliphatic rings. The number of aldehydes is 1. The van der Waals surface area contributed by atoms with Crippen molar-refractivity contribution >= 4 is 6.29 Å². The van der Waals surface area contributed by atoms with Gasteiger partial charge in [-0.05, 0) is 37.5 Å². The molecular formula is C10H16O3. The Morgan fingerprint density at radius 3 is 2.23 bits per heavy atom. The summed E-state index contributed by atoms with van der Waals surface area (Å²) >= 11 is 0. The van der Waals surface area contributed by atoms with Crippen molar-refractivity contribution in [1.82, 2.24) is 0 Å². The monoisotopic (exact) mass is 184 g/mol. The van der Waals surface area contributed by atoms with Crippen molar-refractivity contribution in [3.05, 3.63) is 0 Å². The molecule has 0 amide bonds. The van der Waals surface area contributed by atoms with Crippen LogP contribution in [0, 0.1) is 17.8 Å². The third-order valence-electron chi connectivity index (χ3n) is 3.90. The van der Waals surface area contributed by atoms with Gasteiger partial charge in [0.05, 0.1) is 12.2 Å². The Morgan fingerprint density at radius 1 is 1.31 bits per heavy atom. The molecule has 3 heteroatoms. The van der Waals surface area contributed by atoms with E-state index in [-0.39, 0.29) is 24.4 Å². The molecule has 0 aromatic rings. The summed E-state index contributed by atoms with van der Waals surface area (Å²) in [5.74, 6) is 0.405. The summed E-state index contributed by atoms with van der Waals surface area (Å²) in [5.41, 5.74) is -0.875. The topological polar surface area (TPSA) is 57.5 Å². The zero-order valence-corrected chi connectivity index (χ0v) is 7.65. The lowest BCUT2D eigenvalue weighted by molar-refractivity contribution is -0.125. The van der Waals surface area contributed by atoms with Gasteiger partial charge in [-0.25, -0.2) is 0 Å². The molecule has 4 atom stereocenters. The van der Waals surface area contributed by atoms with Crippen molar-refractivity contribution < 1.29 is 15.0 Å². The predicted octanol–water partition coefficient (Wildman–Crippen LogP) is 0.345. The molecule has 2 rings (SSSR count). The Labute approximate surface area is 77.8 Å². The van der Waals surface area contributed by atoms with Crippen LogP contribution in [0.15, 0.2) is 0 Å². The van der Waals surface area contributed by atoms with E-state index in [2.05, 4.69) is 0 Å². The maximum absolute atomic E-state index is 10.6. The first-order chi connectivity index (χ1) is 6.20. The van der Waals surface area contributed by atoms with E-state index in [1.54, 1.807) is 0 Å². The van der Waals surface area contributed by atoms with Gasteiger partial charge in [0.2, 0.25) is 0 Å². The highest BCUT2D eigenvalue weighted by atomic mass is 16.3. The minimum absolute atomic E-state index is 0.115. The Bertz CT molecular complexity index is 200. The summed E-state index contributed by atoms with van der Waals surface area (Å²) in [6.45, 7) is -0.145. The smallest absolute Gasteiger partial charge is 0.123 e. The molecule has 2 N–H and O–H groups in total. The minimum Gasteiger partial charge on any atom is -0.393 e. The summed E-state index contributed by atoms with van der Waals surface area (Å²) in [7, 11) is 0. The Kier molecular flexibility index (Phi) is 2.16. The molecule has 0 radical (unpaired) electrons. The van der Waals surface area contributed by atoms with Crippen molar-refractivity contribution in [2.45, 2.75) is 31.3 Å². The van der Waals surface area contributed by atoms with Crippen molar-refractivity contribution in [2.24, 2.45) is 17.8 Å². The second kappa shape index (κ2) is 3.07. The fraction of sp³-hybridized carbons (Fsp3) is 0.900. The number of carbonyl (C=O) groups is 1. The second-order valence-corrected chi connectivity index (χ2v) is 4.49. The van der Waals surface area contributed by atoms with Gasteiger partial charge in [0.25, 0.3) is 0 Å². The largest absolute Gasteiger partial charge is 0.393 e. The highest BCUT2D eigenvalue weighted by molar-refractivity contribution is 5.54. The molecule has 0 aromatic carbocycles. The van der Waals surface area contributed by atoms with Crippen LogP contribution >= 0.6 is 0 Å². The van der Waals surface area contributed by atoms with Crippen LogP contribution in [0.4, 0.5) is 0 Å². The number of fused-ring (bicyclic) bond motifs is 2. The van der Waals surface area contributed by atoms with E-state index in [1.165, 1.54) is 0 Å². The molecule has 2 aliphatic carbocycles. The van der Waals surface area contributed by atoms with Crippen molar-refractivity contribution in [3.8, 4) is 0 Å². The number of hydrogen-bond donors (Lipinski definition) is 2. The highest BCUT2D eigenvalue weighted by Crippen LogP contribution is 2.50. The molecule has 3 nitrogen and oxygen atoms in total. The van der Waals surface area contributed by atoms with E-state index in [0.29, 0.717) is 0 Å². The highest BCUT2D eigenvalue weighted by Gasteiger charge is 2.52. The maximum atomic E-state index is 10.6. The molecule has 2 fully saturated rings. The maximum Gasteiger partial charge on any atom is 0.123 e. The average molecular weight is 184 g/mol. The molecule has 1 unspecified atom stereocenters. The summed E-state index contributed by atoms with van der Waals surface area (Å²) in [5, 5.41) is 19.3. The Morgan fingerprint density at radius 2 is 1.85 bits per heavy atom. The van der Waals surface area contributed by atoms with E-state index >= 15 is 0 Å². The van der Waals surface area contributed by atoms with E-state index in [9.17, 15) is 9.90 Å². The van der Waals surface area contributed by atoms with Gasteiger partial charge in [0.15, 0.2) is 0 Å². The van der Waals surface area contributed by atoms with Gasteiger partial charge in [0.1, 0.15) is 6.29 Å². The van der Waals surface area contributed by atoms with Gasteiger partial charge in [-0.2, -0.15) is 0 Å². The zero-order valence-electron chi connectivity index (χ0n) is 7.65. The molecule has 2 saturated carbocycles. The van der Waals surface area contributed by atoms with Gasteiger partial charge in [-0.3, -0.25) is 0 Å². The lowest BCUT2D eigenvalue weighted by Gasteiger charge is -2.40. The fourth-order valence-corrected chi connectivity index (χ4v) is 3.08. The van der Waals surface area contributed by atoms with Crippen molar-refractivity contribution in [3.63, 3.8) is 0 Å². The summed E-state index contributed by atoms with van der Waals surface area (Å²) < 4.78 is 0. The molecular weight excluding hydrogens is 168 g/mol. The molecule has 0 spiro atoms. The zero-order chi connectivity index (χ0) is 9.47. The quantitative estimate of drug-likeness (QED) is 0.609. The summed E-state index contributed by atoms with van der Waals surface area (Å²) in [6, 6.07) is 0. The van der Waals surface area contributed by atoms with E-state index in [4.69, 9.17) is 5.11 Å². The van der Waals surface area contributed by atoms with E-state index in [0.717, 1.165) is 32.0 Å². The third kappa shape index (κ3) is 1.22. The molecule has 0 heterocycles. The summed E-state index contributed by atoms with van der Waals surface area (Å²) in [6.07, 6.45) is 4.45. The van der Waals surface area contributed by atoms with Crippen molar-refractivity contribution in [2.75, 3.05) is 6.61 Å². The average Bonchev–Trinajstić information content (AvgIpc) is 2.39. The van der Waals surface area contributed by atoms with E-state index in [1.807, 2.05) is 0 Å². The normalized spacial score (nSPS) is 49.2. The first kappa shape index (κ1) is 9.16. The van der Waals surface area contributed by atoms with Gasteiger partial charge < -0.3 is 15.0 Å². The number of rotatable bonds is 2. The number of aliphatic hydroxyl groups excluding tert-OH is 1. The molecule has 74 valence electrons. The van der Waals surface area contributed by atoms with Crippen LogP contribution in [0.25, 0.3) is 0 Å². The van der Waals surface area contributed by atoms with Gasteiger partial charge in [0, 0.05) is 5.92 Å². The van der Waals surface area contributed by atoms with Gasteiger partial charge >= 0.3 is 0 Å². The van der Waals surface area contributed by atoms with Crippen LogP contribution in [-0.2, 0) is 4.79 Å². The Hall–Kier alpha value is -0.410. The molecule has 2 bridgehead atoms.